The quantitative estimate of drug-likeness (QED) is 0.899. The van der Waals surface area contributed by atoms with E-state index in [1.807, 2.05) is 24.3 Å². The van der Waals surface area contributed by atoms with Crippen LogP contribution < -0.4 is 10.6 Å². The molecular formula is C16H25N3O2. The van der Waals surface area contributed by atoms with Crippen LogP contribution >= 0.6 is 0 Å². The molecule has 1 aromatic rings. The van der Waals surface area contributed by atoms with E-state index in [2.05, 4.69) is 41.2 Å². The summed E-state index contributed by atoms with van der Waals surface area (Å²) in [6.07, 6.45) is 0.667. The fraction of sp³-hybridized carbons (Fsp3) is 0.562. The third kappa shape index (κ3) is 4.11. The molecule has 116 valence electrons. The Hall–Kier alpha value is -1.75. The average Bonchev–Trinajstić information content (AvgIpc) is 2.45. The molecule has 5 nitrogen and oxygen atoms in total. The first-order chi connectivity index (χ1) is 9.99. The van der Waals surface area contributed by atoms with Crippen molar-refractivity contribution >= 4 is 17.5 Å². The highest BCUT2D eigenvalue weighted by molar-refractivity contribution is 5.85. The van der Waals surface area contributed by atoms with Gasteiger partial charge in [0.25, 0.3) is 0 Å². The Bertz CT molecular complexity index is 492. The highest BCUT2D eigenvalue weighted by Crippen LogP contribution is 2.25. The van der Waals surface area contributed by atoms with Crippen molar-refractivity contribution in [1.82, 2.24) is 4.90 Å². The summed E-state index contributed by atoms with van der Waals surface area (Å²) in [4.78, 5) is 13.7. The van der Waals surface area contributed by atoms with Gasteiger partial charge in [0.05, 0.1) is 7.11 Å². The molecule has 2 N–H and O–H groups in total. The summed E-state index contributed by atoms with van der Waals surface area (Å²) >= 11 is 0. The molecule has 0 radical (unpaired) electrons. The van der Waals surface area contributed by atoms with Crippen LogP contribution in [0.25, 0.3) is 0 Å². The molecule has 21 heavy (non-hydrogen) atoms. The van der Waals surface area contributed by atoms with Gasteiger partial charge in [-0.1, -0.05) is 13.0 Å². The van der Waals surface area contributed by atoms with Gasteiger partial charge in [-0.3, -0.25) is 5.32 Å². The minimum atomic E-state index is -0.451. The smallest absolute Gasteiger partial charge is 0.411 e. The normalized spacial score (nSPS) is 26.2. The van der Waals surface area contributed by atoms with Crippen LogP contribution in [0, 0.1) is 5.92 Å². The van der Waals surface area contributed by atoms with E-state index in [4.69, 9.17) is 0 Å². The standard InChI is InChI=1S/C16H25N3O2/c1-11-10-19(3)12(2)8-15(11)17-13-6-5-7-14(9-13)18-16(20)21-4/h5-7,9,11-12,15,17H,8,10H2,1-4H3,(H,18,20). The van der Waals surface area contributed by atoms with Gasteiger partial charge >= 0.3 is 6.09 Å². The minimum absolute atomic E-state index is 0.449. The van der Waals surface area contributed by atoms with Crippen LogP contribution in [0.3, 0.4) is 0 Å². The number of methoxy groups -OCH3 is 1. The Morgan fingerprint density at radius 3 is 2.76 bits per heavy atom. The third-order valence-electron chi connectivity index (χ3n) is 4.26. The number of ether oxygens (including phenoxy) is 1. The van der Waals surface area contributed by atoms with Gasteiger partial charge in [0.15, 0.2) is 0 Å². The number of nitrogens with one attached hydrogen (secondary N) is 2. The van der Waals surface area contributed by atoms with Gasteiger partial charge in [0.2, 0.25) is 0 Å². The third-order valence-corrected chi connectivity index (χ3v) is 4.26. The lowest BCUT2D eigenvalue weighted by molar-refractivity contribution is 0.145. The van der Waals surface area contributed by atoms with Gasteiger partial charge in [0, 0.05) is 30.0 Å². The van der Waals surface area contributed by atoms with Crippen LogP contribution in [-0.4, -0.2) is 43.8 Å². The topological polar surface area (TPSA) is 53.6 Å². The van der Waals surface area contributed by atoms with Crippen LogP contribution in [0.2, 0.25) is 0 Å². The van der Waals surface area contributed by atoms with Gasteiger partial charge in [0.1, 0.15) is 0 Å². The predicted octanol–water partition coefficient (Wildman–Crippen LogP) is 3.01. The fourth-order valence-electron chi connectivity index (χ4n) is 2.81. The van der Waals surface area contributed by atoms with Crippen LogP contribution in [0.1, 0.15) is 20.3 Å². The number of benzene rings is 1. The Morgan fingerprint density at radius 1 is 1.33 bits per heavy atom. The zero-order valence-corrected chi connectivity index (χ0v) is 13.2. The number of anilines is 2. The number of amides is 1. The van der Waals surface area contributed by atoms with Crippen LogP contribution in [0.4, 0.5) is 16.2 Å². The largest absolute Gasteiger partial charge is 0.453 e. The minimum Gasteiger partial charge on any atom is -0.453 e. The van der Waals surface area contributed by atoms with Crippen molar-refractivity contribution in [1.29, 1.82) is 0 Å². The number of rotatable bonds is 3. The van der Waals surface area contributed by atoms with Crippen molar-refractivity contribution in [3.05, 3.63) is 24.3 Å². The van der Waals surface area contributed by atoms with Crippen molar-refractivity contribution in [3.8, 4) is 0 Å². The molecule has 0 saturated carbocycles. The first-order valence-corrected chi connectivity index (χ1v) is 7.41. The number of hydrogen-bond donors (Lipinski definition) is 2. The highest BCUT2D eigenvalue weighted by Gasteiger charge is 2.28. The molecule has 2 rings (SSSR count). The van der Waals surface area contributed by atoms with Gasteiger partial charge in [-0.2, -0.15) is 0 Å². The molecule has 0 spiro atoms. The maximum atomic E-state index is 11.3. The van der Waals surface area contributed by atoms with E-state index in [-0.39, 0.29) is 0 Å². The summed E-state index contributed by atoms with van der Waals surface area (Å²) in [6, 6.07) is 8.77. The summed E-state index contributed by atoms with van der Waals surface area (Å²) in [5.74, 6) is 0.587. The van der Waals surface area contributed by atoms with E-state index in [1.54, 1.807) is 0 Å². The summed E-state index contributed by atoms with van der Waals surface area (Å²) < 4.78 is 4.61. The van der Waals surface area contributed by atoms with E-state index in [9.17, 15) is 4.79 Å². The number of hydrogen-bond acceptors (Lipinski definition) is 4. The number of carbonyl (C=O) groups is 1. The molecule has 5 heteroatoms. The zero-order chi connectivity index (χ0) is 15.4. The fourth-order valence-corrected chi connectivity index (χ4v) is 2.81. The van der Waals surface area contributed by atoms with Crippen molar-refractivity contribution < 1.29 is 9.53 Å². The summed E-state index contributed by atoms with van der Waals surface area (Å²) in [6.45, 7) is 5.63. The lowest BCUT2D eigenvalue weighted by atomic mass is 9.89. The molecule has 3 unspecified atom stereocenters. The second-order valence-electron chi connectivity index (χ2n) is 5.95. The number of nitrogens with zero attached hydrogens (tertiary/aromatic N) is 1. The first kappa shape index (κ1) is 15.6. The van der Waals surface area contributed by atoms with Crippen molar-refractivity contribution in [2.75, 3.05) is 31.3 Å². The van der Waals surface area contributed by atoms with Gasteiger partial charge in [-0.25, -0.2) is 4.79 Å². The molecule has 0 aromatic heterocycles. The van der Waals surface area contributed by atoms with E-state index in [1.165, 1.54) is 7.11 Å². The SMILES string of the molecule is COC(=O)Nc1cccc(NC2CC(C)N(C)CC2C)c1. The monoisotopic (exact) mass is 291 g/mol. The lowest BCUT2D eigenvalue weighted by Gasteiger charge is -2.40. The molecule has 1 amide bonds. The van der Waals surface area contributed by atoms with Gasteiger partial charge < -0.3 is 15.0 Å². The molecule has 1 heterocycles. The molecule has 1 aliphatic rings. The maximum Gasteiger partial charge on any atom is 0.411 e. The van der Waals surface area contributed by atoms with E-state index >= 15 is 0 Å². The Kier molecular flexibility index (Phi) is 5.07. The molecule has 0 bridgehead atoms. The molecule has 1 aliphatic heterocycles. The van der Waals surface area contributed by atoms with Crippen LogP contribution in [-0.2, 0) is 4.74 Å². The Morgan fingerprint density at radius 2 is 2.05 bits per heavy atom. The summed E-state index contributed by atoms with van der Waals surface area (Å²) in [7, 11) is 3.54. The predicted molar refractivity (Wildman–Crippen MR) is 85.8 cm³/mol. The van der Waals surface area contributed by atoms with E-state index in [0.29, 0.717) is 18.0 Å². The molecule has 1 aromatic carbocycles. The maximum absolute atomic E-state index is 11.3. The lowest BCUT2D eigenvalue weighted by Crippen LogP contribution is -2.48. The number of likely N-dealkylation sites (tertiary alicyclic amines) is 1. The second-order valence-corrected chi connectivity index (χ2v) is 5.95. The summed E-state index contributed by atoms with van der Waals surface area (Å²) in [5, 5.41) is 6.28. The second kappa shape index (κ2) is 6.80. The first-order valence-electron chi connectivity index (χ1n) is 7.41. The van der Waals surface area contributed by atoms with Gasteiger partial charge in [-0.05, 0) is 44.5 Å². The Labute approximate surface area is 126 Å². The highest BCUT2D eigenvalue weighted by atomic mass is 16.5. The van der Waals surface area contributed by atoms with Crippen LogP contribution in [0.15, 0.2) is 24.3 Å². The van der Waals surface area contributed by atoms with Crippen molar-refractivity contribution in [2.45, 2.75) is 32.4 Å². The number of piperidine rings is 1. The van der Waals surface area contributed by atoms with E-state index in [0.717, 1.165) is 24.3 Å². The summed E-state index contributed by atoms with van der Waals surface area (Å²) in [5.41, 5.74) is 1.76. The molecular weight excluding hydrogens is 266 g/mol. The molecule has 1 fully saturated rings. The van der Waals surface area contributed by atoms with E-state index < -0.39 is 6.09 Å². The number of carbonyl (C=O) groups excluding carboxylic acids is 1. The van der Waals surface area contributed by atoms with Crippen molar-refractivity contribution in [3.63, 3.8) is 0 Å². The van der Waals surface area contributed by atoms with Gasteiger partial charge in [-0.15, -0.1) is 0 Å². The van der Waals surface area contributed by atoms with Crippen molar-refractivity contribution in [2.24, 2.45) is 5.92 Å². The average molecular weight is 291 g/mol. The zero-order valence-electron chi connectivity index (χ0n) is 13.2. The molecule has 0 aliphatic carbocycles. The molecule has 3 atom stereocenters. The Balaban J connectivity index is 2.02. The molecule has 1 saturated heterocycles. The van der Waals surface area contributed by atoms with Crippen LogP contribution in [0.5, 0.6) is 0 Å².